The summed E-state index contributed by atoms with van der Waals surface area (Å²) in [6, 6.07) is 8.49. The van der Waals surface area contributed by atoms with E-state index in [4.69, 9.17) is 0 Å². The average Bonchev–Trinajstić information content (AvgIpc) is 2.49. The minimum absolute atomic E-state index is 0.120. The van der Waals surface area contributed by atoms with E-state index in [0.717, 1.165) is 0 Å². The zero-order valence-corrected chi connectivity index (χ0v) is 13.5. The number of nitrogens with zero attached hydrogens (tertiary/aromatic N) is 3. The van der Waals surface area contributed by atoms with E-state index in [-0.39, 0.29) is 11.9 Å². The maximum absolute atomic E-state index is 12.3. The van der Waals surface area contributed by atoms with Crippen LogP contribution in [0.25, 0.3) is 0 Å². The highest BCUT2D eigenvalue weighted by Crippen LogP contribution is 2.18. The summed E-state index contributed by atoms with van der Waals surface area (Å²) in [5, 5.41) is 2.97. The molecule has 1 N–H and O–H groups in total. The van der Waals surface area contributed by atoms with Crippen LogP contribution in [0.4, 0.5) is 0 Å². The van der Waals surface area contributed by atoms with E-state index in [9.17, 15) is 4.79 Å². The standard InChI is InChI=1S/C17H22N4O/c1-12-5-7-14(8-6-12)16(21(3)4)10-19-17(22)15-9-18-11-20-13(15)2/h5-9,11,16H,10H2,1-4H3,(H,19,22)/t16-/m0/s1. The molecule has 0 fully saturated rings. The Bertz CT molecular complexity index is 637. The van der Waals surface area contributed by atoms with Crippen molar-refractivity contribution in [1.82, 2.24) is 20.2 Å². The molecule has 0 bridgehead atoms. The molecule has 1 aromatic carbocycles. The molecule has 0 spiro atoms. The number of rotatable bonds is 5. The third kappa shape index (κ3) is 3.89. The maximum Gasteiger partial charge on any atom is 0.254 e. The van der Waals surface area contributed by atoms with E-state index in [1.54, 1.807) is 13.1 Å². The Hall–Kier alpha value is -2.27. The fourth-order valence-electron chi connectivity index (χ4n) is 2.29. The van der Waals surface area contributed by atoms with Crippen LogP contribution in [0.3, 0.4) is 0 Å². The van der Waals surface area contributed by atoms with Crippen LogP contribution in [-0.2, 0) is 0 Å². The maximum atomic E-state index is 12.3. The van der Waals surface area contributed by atoms with Crippen LogP contribution in [0.2, 0.25) is 0 Å². The van der Waals surface area contributed by atoms with Gasteiger partial charge in [-0.15, -0.1) is 0 Å². The molecule has 0 saturated carbocycles. The van der Waals surface area contributed by atoms with Crippen LogP contribution < -0.4 is 5.32 Å². The first-order chi connectivity index (χ1) is 10.5. The van der Waals surface area contributed by atoms with Crippen molar-refractivity contribution in [3.8, 4) is 0 Å². The van der Waals surface area contributed by atoms with Gasteiger partial charge in [-0.2, -0.15) is 0 Å². The van der Waals surface area contributed by atoms with Crippen LogP contribution >= 0.6 is 0 Å². The molecule has 1 aromatic heterocycles. The van der Waals surface area contributed by atoms with E-state index < -0.39 is 0 Å². The number of hydrogen-bond donors (Lipinski definition) is 1. The van der Waals surface area contributed by atoms with E-state index in [0.29, 0.717) is 17.8 Å². The molecule has 0 saturated heterocycles. The summed E-state index contributed by atoms with van der Waals surface area (Å²) in [5.41, 5.74) is 3.60. The summed E-state index contributed by atoms with van der Waals surface area (Å²) in [4.78, 5) is 22.3. The van der Waals surface area contributed by atoms with Gasteiger partial charge in [-0.05, 0) is 33.5 Å². The van der Waals surface area contributed by atoms with Gasteiger partial charge in [0.1, 0.15) is 6.33 Å². The number of benzene rings is 1. The highest BCUT2D eigenvalue weighted by atomic mass is 16.1. The molecule has 0 aliphatic rings. The van der Waals surface area contributed by atoms with Crippen molar-refractivity contribution in [2.24, 2.45) is 0 Å². The lowest BCUT2D eigenvalue weighted by Gasteiger charge is -2.25. The fraction of sp³-hybridized carbons (Fsp3) is 0.353. The van der Waals surface area contributed by atoms with Crippen molar-refractivity contribution in [3.63, 3.8) is 0 Å². The number of nitrogens with one attached hydrogen (secondary N) is 1. The lowest BCUT2D eigenvalue weighted by Crippen LogP contribution is -2.35. The van der Waals surface area contributed by atoms with E-state index in [2.05, 4.69) is 51.4 Å². The van der Waals surface area contributed by atoms with Crippen molar-refractivity contribution < 1.29 is 4.79 Å². The Labute approximate surface area is 131 Å². The number of amides is 1. The van der Waals surface area contributed by atoms with Gasteiger partial charge in [-0.3, -0.25) is 4.79 Å². The van der Waals surface area contributed by atoms with Crippen LogP contribution in [0.5, 0.6) is 0 Å². The molecule has 116 valence electrons. The van der Waals surface area contributed by atoms with E-state index in [1.807, 2.05) is 14.1 Å². The smallest absolute Gasteiger partial charge is 0.254 e. The van der Waals surface area contributed by atoms with Crippen molar-refractivity contribution in [3.05, 3.63) is 59.2 Å². The van der Waals surface area contributed by atoms with Crippen molar-refractivity contribution in [1.29, 1.82) is 0 Å². The van der Waals surface area contributed by atoms with Crippen LogP contribution in [-0.4, -0.2) is 41.4 Å². The number of aromatic nitrogens is 2. The number of carbonyl (C=O) groups excluding carboxylic acids is 1. The molecular formula is C17H22N4O. The minimum Gasteiger partial charge on any atom is -0.350 e. The SMILES string of the molecule is Cc1ccc([C@H](CNC(=O)c2cncnc2C)N(C)C)cc1. The summed E-state index contributed by atoms with van der Waals surface area (Å²) < 4.78 is 0. The highest BCUT2D eigenvalue weighted by Gasteiger charge is 2.17. The Morgan fingerprint density at radius 1 is 1.23 bits per heavy atom. The predicted octanol–water partition coefficient (Wildman–Crippen LogP) is 2.13. The number of likely N-dealkylation sites (N-methyl/N-ethyl adjacent to an activating group) is 1. The lowest BCUT2D eigenvalue weighted by atomic mass is 10.0. The Morgan fingerprint density at radius 3 is 2.50 bits per heavy atom. The number of carbonyl (C=O) groups is 1. The zero-order chi connectivity index (χ0) is 16.1. The van der Waals surface area contributed by atoms with Gasteiger partial charge in [0.25, 0.3) is 5.91 Å². The fourth-order valence-corrected chi connectivity index (χ4v) is 2.29. The van der Waals surface area contributed by atoms with Crippen molar-refractivity contribution in [2.75, 3.05) is 20.6 Å². The van der Waals surface area contributed by atoms with Crippen LogP contribution in [0, 0.1) is 13.8 Å². The average molecular weight is 298 g/mol. The normalized spacial score (nSPS) is 12.2. The summed E-state index contributed by atoms with van der Waals surface area (Å²) in [6.45, 7) is 4.40. The van der Waals surface area contributed by atoms with Gasteiger partial charge in [-0.1, -0.05) is 29.8 Å². The molecule has 2 aromatic rings. The van der Waals surface area contributed by atoms with Crippen molar-refractivity contribution in [2.45, 2.75) is 19.9 Å². The van der Waals surface area contributed by atoms with Gasteiger partial charge in [-0.25, -0.2) is 9.97 Å². The van der Waals surface area contributed by atoms with Gasteiger partial charge in [0.05, 0.1) is 17.3 Å². The second kappa shape index (κ2) is 7.13. The topological polar surface area (TPSA) is 58.1 Å². The molecule has 0 radical (unpaired) electrons. The first-order valence-corrected chi connectivity index (χ1v) is 7.27. The van der Waals surface area contributed by atoms with Crippen LogP contribution in [0.15, 0.2) is 36.8 Å². The van der Waals surface area contributed by atoms with E-state index in [1.165, 1.54) is 17.5 Å². The second-order valence-corrected chi connectivity index (χ2v) is 5.62. The molecule has 0 aliphatic heterocycles. The predicted molar refractivity (Wildman–Crippen MR) is 86.7 cm³/mol. The number of hydrogen-bond acceptors (Lipinski definition) is 4. The van der Waals surface area contributed by atoms with Gasteiger partial charge in [0, 0.05) is 12.7 Å². The first kappa shape index (κ1) is 16.1. The quantitative estimate of drug-likeness (QED) is 0.918. The molecule has 0 unspecified atom stereocenters. The second-order valence-electron chi connectivity index (χ2n) is 5.62. The monoisotopic (exact) mass is 298 g/mol. The number of aryl methyl sites for hydroxylation is 2. The first-order valence-electron chi connectivity index (χ1n) is 7.27. The molecule has 22 heavy (non-hydrogen) atoms. The summed E-state index contributed by atoms with van der Waals surface area (Å²) >= 11 is 0. The molecule has 1 atom stereocenters. The van der Waals surface area contributed by atoms with Gasteiger partial charge < -0.3 is 10.2 Å². The van der Waals surface area contributed by atoms with Gasteiger partial charge in [0.15, 0.2) is 0 Å². The summed E-state index contributed by atoms with van der Waals surface area (Å²) in [7, 11) is 4.01. The largest absolute Gasteiger partial charge is 0.350 e. The van der Waals surface area contributed by atoms with Crippen molar-refractivity contribution >= 4 is 5.91 Å². The molecule has 0 aliphatic carbocycles. The van der Waals surface area contributed by atoms with E-state index >= 15 is 0 Å². The van der Waals surface area contributed by atoms with Gasteiger partial charge >= 0.3 is 0 Å². The Morgan fingerprint density at radius 2 is 1.91 bits per heavy atom. The highest BCUT2D eigenvalue weighted by molar-refractivity contribution is 5.94. The molecule has 5 heteroatoms. The third-order valence-corrected chi connectivity index (χ3v) is 3.70. The third-order valence-electron chi connectivity index (χ3n) is 3.70. The Balaban J connectivity index is 2.08. The summed E-state index contributed by atoms with van der Waals surface area (Å²) in [5.74, 6) is -0.142. The van der Waals surface area contributed by atoms with Crippen LogP contribution in [0.1, 0.15) is 33.2 Å². The molecule has 5 nitrogen and oxygen atoms in total. The Kier molecular flexibility index (Phi) is 5.22. The lowest BCUT2D eigenvalue weighted by molar-refractivity contribution is 0.0940. The molecule has 1 amide bonds. The summed E-state index contributed by atoms with van der Waals surface area (Å²) in [6.07, 6.45) is 3.00. The zero-order valence-electron chi connectivity index (χ0n) is 13.5. The molecule has 1 heterocycles. The molecule has 2 rings (SSSR count). The minimum atomic E-state index is -0.142. The van der Waals surface area contributed by atoms with Gasteiger partial charge in [0.2, 0.25) is 0 Å². The molecular weight excluding hydrogens is 276 g/mol.